The Hall–Kier alpha value is -3.43. The van der Waals surface area contributed by atoms with E-state index in [4.69, 9.17) is 4.98 Å². The molecule has 1 fully saturated rings. The van der Waals surface area contributed by atoms with Gasteiger partial charge in [-0.3, -0.25) is 9.48 Å². The molecule has 2 aliphatic heterocycles. The topological polar surface area (TPSA) is 75.9 Å². The maximum atomic E-state index is 13.4. The summed E-state index contributed by atoms with van der Waals surface area (Å²) >= 11 is 0. The molecule has 32 heavy (non-hydrogen) atoms. The first-order valence-electron chi connectivity index (χ1n) is 10.5. The number of nitrogens with one attached hydrogen (secondary N) is 1. The summed E-state index contributed by atoms with van der Waals surface area (Å²) in [4.78, 5) is 23.6. The number of fused-ring (bicyclic) bond motifs is 3. The highest BCUT2D eigenvalue weighted by Gasteiger charge is 2.38. The molecule has 0 bridgehead atoms. The van der Waals surface area contributed by atoms with Gasteiger partial charge in [0.05, 0.1) is 18.4 Å². The quantitative estimate of drug-likeness (QED) is 0.615. The van der Waals surface area contributed by atoms with E-state index >= 15 is 0 Å². The van der Waals surface area contributed by atoms with Crippen LogP contribution in [0, 0.1) is 24.4 Å². The Morgan fingerprint density at radius 3 is 2.69 bits per heavy atom. The van der Waals surface area contributed by atoms with Crippen LogP contribution < -0.4 is 10.2 Å². The number of aryl methyl sites for hydroxylation is 3. The lowest BCUT2D eigenvalue weighted by atomic mass is 10.1. The second-order valence-corrected chi connectivity index (χ2v) is 8.18. The number of aromatic nitrogens is 4. The zero-order chi connectivity index (χ0) is 22.4. The maximum absolute atomic E-state index is 13.4. The van der Waals surface area contributed by atoms with Crippen LogP contribution in [0.1, 0.15) is 35.5 Å². The minimum absolute atomic E-state index is 0.00258. The summed E-state index contributed by atoms with van der Waals surface area (Å²) < 4.78 is 41.5. The number of carbonyl (C=O) groups is 1. The summed E-state index contributed by atoms with van der Waals surface area (Å²) in [5.74, 6) is -2.45. The fourth-order valence-electron chi connectivity index (χ4n) is 4.34. The molecule has 1 aromatic carbocycles. The van der Waals surface area contributed by atoms with Gasteiger partial charge in [-0.15, -0.1) is 0 Å². The zero-order valence-corrected chi connectivity index (χ0v) is 17.4. The highest BCUT2D eigenvalue weighted by atomic mass is 19.2. The molecule has 0 radical (unpaired) electrons. The Labute approximate surface area is 182 Å². The summed E-state index contributed by atoms with van der Waals surface area (Å²) in [6, 6.07) is 1.77. The lowest BCUT2D eigenvalue weighted by Crippen LogP contribution is -2.45. The van der Waals surface area contributed by atoms with Crippen molar-refractivity contribution in [2.24, 2.45) is 0 Å². The van der Waals surface area contributed by atoms with Gasteiger partial charge in [-0.05, 0) is 49.4 Å². The number of nitrogens with zero attached hydrogens (tertiary/aromatic N) is 5. The number of amides is 1. The summed E-state index contributed by atoms with van der Waals surface area (Å²) in [7, 11) is 0. The summed E-state index contributed by atoms with van der Waals surface area (Å²) in [6.45, 7) is 2.79. The zero-order valence-electron chi connectivity index (χ0n) is 17.4. The van der Waals surface area contributed by atoms with Crippen molar-refractivity contribution in [1.29, 1.82) is 0 Å². The average molecular weight is 442 g/mol. The molecule has 1 atom stereocenters. The lowest BCUT2D eigenvalue weighted by Gasteiger charge is -2.32. The Balaban J connectivity index is 1.29. The summed E-state index contributed by atoms with van der Waals surface area (Å²) in [6.07, 6.45) is 6.44. The molecule has 0 saturated carbocycles. The van der Waals surface area contributed by atoms with Gasteiger partial charge in [0.25, 0.3) is 0 Å². The predicted molar refractivity (Wildman–Crippen MR) is 111 cm³/mol. The number of halogens is 3. The van der Waals surface area contributed by atoms with Crippen LogP contribution in [0.5, 0.6) is 0 Å². The number of carbonyl (C=O) groups excluding carboxylic acids is 1. The molecule has 1 N–H and O–H groups in total. The van der Waals surface area contributed by atoms with Gasteiger partial charge in [-0.1, -0.05) is 0 Å². The van der Waals surface area contributed by atoms with Crippen molar-refractivity contribution >= 4 is 17.4 Å². The molecule has 2 aromatic heterocycles. The average Bonchev–Trinajstić information content (AvgIpc) is 3.42. The second-order valence-electron chi connectivity index (χ2n) is 8.18. The van der Waals surface area contributed by atoms with E-state index in [9.17, 15) is 18.0 Å². The first-order valence-corrected chi connectivity index (χ1v) is 10.5. The smallest absolute Gasteiger partial charge is 0.247 e. The van der Waals surface area contributed by atoms with Gasteiger partial charge in [-0.25, -0.2) is 23.1 Å². The summed E-state index contributed by atoms with van der Waals surface area (Å²) in [5, 5.41) is 7.17. The molecule has 7 nitrogen and oxygen atoms in total. The van der Waals surface area contributed by atoms with Crippen LogP contribution in [0.4, 0.5) is 24.7 Å². The standard InChI is InChI=1S/C22H21F3N6O/c1-12-20-21(31-6-2-3-17(31)22(32)29-20)28-18(27-12)5-4-13-9-26-30(10-13)11-14-7-15(23)19(25)16(24)8-14/h7-10,17H,2-6,11H2,1H3,(H,29,32)/t17-/m1/s1. The maximum Gasteiger partial charge on any atom is 0.247 e. The number of anilines is 2. The van der Waals surface area contributed by atoms with Crippen molar-refractivity contribution in [2.75, 3.05) is 16.8 Å². The normalized spacial score (nSPS) is 17.3. The van der Waals surface area contributed by atoms with E-state index in [-0.39, 0.29) is 24.1 Å². The monoisotopic (exact) mass is 442 g/mol. The molecule has 2 aliphatic rings. The third kappa shape index (κ3) is 3.69. The summed E-state index contributed by atoms with van der Waals surface area (Å²) in [5.41, 5.74) is 2.62. The van der Waals surface area contributed by atoms with Crippen LogP contribution in [0.15, 0.2) is 24.5 Å². The fourth-order valence-corrected chi connectivity index (χ4v) is 4.34. The van der Waals surface area contributed by atoms with Gasteiger partial charge < -0.3 is 10.2 Å². The molecule has 1 saturated heterocycles. The molecule has 10 heteroatoms. The number of benzene rings is 1. The highest BCUT2D eigenvalue weighted by molar-refractivity contribution is 6.03. The van der Waals surface area contributed by atoms with Crippen molar-refractivity contribution in [3.63, 3.8) is 0 Å². The van der Waals surface area contributed by atoms with Crippen LogP contribution in [0.25, 0.3) is 0 Å². The van der Waals surface area contributed by atoms with Gasteiger partial charge in [0, 0.05) is 19.2 Å². The molecule has 166 valence electrons. The van der Waals surface area contributed by atoms with Crippen molar-refractivity contribution < 1.29 is 18.0 Å². The number of hydrogen-bond acceptors (Lipinski definition) is 5. The van der Waals surface area contributed by atoms with E-state index in [1.807, 2.05) is 6.92 Å². The predicted octanol–water partition coefficient (Wildman–Crippen LogP) is 3.15. The van der Waals surface area contributed by atoms with Crippen molar-refractivity contribution in [2.45, 2.75) is 45.2 Å². The lowest BCUT2D eigenvalue weighted by molar-refractivity contribution is -0.117. The van der Waals surface area contributed by atoms with Crippen molar-refractivity contribution in [3.8, 4) is 0 Å². The Morgan fingerprint density at radius 2 is 1.91 bits per heavy atom. The van der Waals surface area contributed by atoms with E-state index in [1.54, 1.807) is 17.1 Å². The molecule has 1 amide bonds. The van der Waals surface area contributed by atoms with E-state index < -0.39 is 17.5 Å². The fraction of sp³-hybridized carbons (Fsp3) is 0.364. The molecular weight excluding hydrogens is 421 g/mol. The van der Waals surface area contributed by atoms with Crippen LogP contribution in [-0.2, 0) is 24.2 Å². The first-order chi connectivity index (χ1) is 15.4. The third-order valence-corrected chi connectivity index (χ3v) is 5.91. The van der Waals surface area contributed by atoms with Crippen LogP contribution in [0.2, 0.25) is 0 Å². The van der Waals surface area contributed by atoms with Gasteiger partial charge in [0.15, 0.2) is 23.3 Å². The van der Waals surface area contributed by atoms with Gasteiger partial charge in [-0.2, -0.15) is 5.10 Å². The highest BCUT2D eigenvalue weighted by Crippen LogP contribution is 2.36. The van der Waals surface area contributed by atoms with Crippen LogP contribution >= 0.6 is 0 Å². The van der Waals surface area contributed by atoms with E-state index in [2.05, 4.69) is 20.3 Å². The van der Waals surface area contributed by atoms with Crippen LogP contribution in [-0.4, -0.2) is 38.2 Å². The SMILES string of the molecule is Cc1nc(CCc2cnn(Cc3cc(F)c(F)c(F)c3)c2)nc2c1NC(=O)[C@H]1CCCN21. The van der Waals surface area contributed by atoms with Crippen LogP contribution in [0.3, 0.4) is 0 Å². The van der Waals surface area contributed by atoms with Gasteiger partial charge >= 0.3 is 0 Å². The van der Waals surface area contributed by atoms with E-state index in [0.29, 0.717) is 24.4 Å². The Bertz CT molecular complexity index is 1190. The second kappa shape index (κ2) is 7.92. The van der Waals surface area contributed by atoms with Gasteiger partial charge in [0.2, 0.25) is 5.91 Å². The molecular formula is C22H21F3N6O. The van der Waals surface area contributed by atoms with Gasteiger partial charge in [0.1, 0.15) is 17.6 Å². The molecule has 4 heterocycles. The minimum atomic E-state index is -1.48. The van der Waals surface area contributed by atoms with E-state index in [0.717, 1.165) is 48.6 Å². The molecule has 0 aliphatic carbocycles. The molecule has 5 rings (SSSR count). The minimum Gasteiger partial charge on any atom is -0.343 e. The number of hydrogen-bond donors (Lipinski definition) is 1. The Morgan fingerprint density at radius 1 is 1.12 bits per heavy atom. The molecule has 0 unspecified atom stereocenters. The van der Waals surface area contributed by atoms with E-state index in [1.165, 1.54) is 0 Å². The Kier molecular flexibility index (Phi) is 5.07. The van der Waals surface area contributed by atoms with Crippen molar-refractivity contribution in [3.05, 3.63) is 64.6 Å². The van der Waals surface area contributed by atoms with Crippen molar-refractivity contribution in [1.82, 2.24) is 19.7 Å². The molecule has 0 spiro atoms. The third-order valence-electron chi connectivity index (χ3n) is 5.91. The first kappa shape index (κ1) is 20.5. The number of rotatable bonds is 5. The largest absolute Gasteiger partial charge is 0.343 e. The molecule has 3 aromatic rings.